The second-order valence-corrected chi connectivity index (χ2v) is 8.13. The summed E-state index contributed by atoms with van der Waals surface area (Å²) in [6, 6.07) is 18.9. The average molecular weight is 445 g/mol. The van der Waals surface area contributed by atoms with E-state index in [-0.39, 0.29) is 12.4 Å². The number of anilines is 1. The molecule has 0 atom stereocenters. The lowest BCUT2D eigenvalue weighted by atomic mass is 10.1. The van der Waals surface area contributed by atoms with Gasteiger partial charge >= 0.3 is 5.97 Å². The molecule has 1 N–H and O–H groups in total. The number of allylic oxidation sites excluding steroid dienone is 1. The van der Waals surface area contributed by atoms with Gasteiger partial charge in [-0.05, 0) is 73.4 Å². The van der Waals surface area contributed by atoms with Crippen LogP contribution >= 0.6 is 0 Å². The van der Waals surface area contributed by atoms with Gasteiger partial charge in [-0.15, -0.1) is 0 Å². The molecule has 6 nitrogen and oxygen atoms in total. The van der Waals surface area contributed by atoms with Crippen LogP contribution in [-0.4, -0.2) is 41.1 Å². The Morgan fingerprint density at radius 2 is 1.76 bits per heavy atom. The highest BCUT2D eigenvalue weighted by Gasteiger charge is 2.15. The Morgan fingerprint density at radius 3 is 2.52 bits per heavy atom. The Hall–Kier alpha value is -3.80. The van der Waals surface area contributed by atoms with Gasteiger partial charge in [0.2, 0.25) is 5.78 Å². The molecule has 1 aromatic heterocycles. The molecule has 4 rings (SSSR count). The van der Waals surface area contributed by atoms with E-state index in [0.717, 1.165) is 18.7 Å². The Labute approximate surface area is 193 Å². The number of aliphatic carboxylic acids is 1. The van der Waals surface area contributed by atoms with Crippen molar-refractivity contribution in [2.24, 2.45) is 0 Å². The number of hydrogen-bond donors (Lipinski definition) is 1. The minimum atomic E-state index is -1.01. The number of aromatic nitrogens is 1. The molecule has 0 saturated carbocycles. The van der Waals surface area contributed by atoms with E-state index in [0.29, 0.717) is 23.6 Å². The molecule has 1 aliphatic rings. The van der Waals surface area contributed by atoms with E-state index in [1.807, 2.05) is 71.4 Å². The second-order valence-electron chi connectivity index (χ2n) is 8.13. The molecule has 1 saturated heterocycles. The van der Waals surface area contributed by atoms with E-state index in [9.17, 15) is 9.59 Å². The van der Waals surface area contributed by atoms with Crippen molar-refractivity contribution < 1.29 is 19.4 Å². The first-order chi connectivity index (χ1) is 16.1. The highest BCUT2D eigenvalue weighted by Crippen LogP contribution is 2.21. The number of rotatable bonds is 9. The van der Waals surface area contributed by atoms with Gasteiger partial charge < -0.3 is 19.3 Å². The zero-order valence-corrected chi connectivity index (χ0v) is 18.5. The van der Waals surface area contributed by atoms with Crippen LogP contribution in [0.25, 0.3) is 6.08 Å². The quantitative estimate of drug-likeness (QED) is 0.476. The summed E-state index contributed by atoms with van der Waals surface area (Å²) in [5, 5.41) is 8.75. The standard InChI is InChI=1S/C27H28N2O4/c30-26(31)20-33-24-9-4-7-21(19-24)8-5-17-29-18-6-10-25(29)27(32)22-11-13-23(14-12-22)28-15-2-1-3-16-28/h4-14,18-19H,1-3,15-17,20H2,(H,30,31). The van der Waals surface area contributed by atoms with Gasteiger partial charge in [0.05, 0.1) is 5.69 Å². The lowest BCUT2D eigenvalue weighted by molar-refractivity contribution is -0.139. The van der Waals surface area contributed by atoms with Crippen molar-refractivity contribution in [2.75, 3.05) is 24.6 Å². The molecule has 0 bridgehead atoms. The molecule has 3 aromatic rings. The number of carbonyl (C=O) groups excluding carboxylic acids is 1. The average Bonchev–Trinajstić information content (AvgIpc) is 3.32. The molecular weight excluding hydrogens is 416 g/mol. The number of nitrogens with zero attached hydrogens (tertiary/aromatic N) is 2. The van der Waals surface area contributed by atoms with Crippen LogP contribution in [0, 0.1) is 0 Å². The third-order valence-electron chi connectivity index (χ3n) is 5.75. The van der Waals surface area contributed by atoms with Crippen molar-refractivity contribution in [1.29, 1.82) is 0 Å². The van der Waals surface area contributed by atoms with Gasteiger partial charge in [0.1, 0.15) is 5.75 Å². The van der Waals surface area contributed by atoms with Gasteiger partial charge in [-0.25, -0.2) is 4.79 Å². The number of carboxylic acid groups (broad SMARTS) is 1. The lowest BCUT2D eigenvalue weighted by Crippen LogP contribution is -2.29. The maximum Gasteiger partial charge on any atom is 0.341 e. The Kier molecular flexibility index (Phi) is 7.25. The predicted octanol–water partition coefficient (Wildman–Crippen LogP) is 4.89. The van der Waals surface area contributed by atoms with Crippen LogP contribution < -0.4 is 9.64 Å². The van der Waals surface area contributed by atoms with E-state index in [4.69, 9.17) is 9.84 Å². The third-order valence-corrected chi connectivity index (χ3v) is 5.75. The fourth-order valence-corrected chi connectivity index (χ4v) is 4.06. The summed E-state index contributed by atoms with van der Waals surface area (Å²) in [5.74, 6) is -0.506. The summed E-state index contributed by atoms with van der Waals surface area (Å²) in [6.07, 6.45) is 9.53. The third kappa shape index (κ3) is 5.92. The molecule has 6 heteroatoms. The first-order valence-electron chi connectivity index (χ1n) is 11.3. The Balaban J connectivity index is 1.40. The topological polar surface area (TPSA) is 71.8 Å². The van der Waals surface area contributed by atoms with Crippen molar-refractivity contribution >= 4 is 23.5 Å². The number of benzene rings is 2. The summed E-state index contributed by atoms with van der Waals surface area (Å²) in [6.45, 7) is 2.33. The fourth-order valence-electron chi connectivity index (χ4n) is 4.06. The maximum absolute atomic E-state index is 13.1. The van der Waals surface area contributed by atoms with Crippen LogP contribution in [0.1, 0.15) is 40.9 Å². The summed E-state index contributed by atoms with van der Waals surface area (Å²) in [7, 11) is 0. The lowest BCUT2D eigenvalue weighted by Gasteiger charge is -2.28. The van der Waals surface area contributed by atoms with Gasteiger partial charge in [0, 0.05) is 37.1 Å². The number of carbonyl (C=O) groups is 2. The maximum atomic E-state index is 13.1. The molecule has 0 amide bonds. The monoisotopic (exact) mass is 444 g/mol. The summed E-state index contributed by atoms with van der Waals surface area (Å²) in [4.78, 5) is 26.1. The van der Waals surface area contributed by atoms with Crippen molar-refractivity contribution in [3.05, 3.63) is 89.8 Å². The number of ether oxygens (including phenoxy) is 1. The molecule has 1 fully saturated rings. The Bertz CT molecular complexity index is 1130. The number of hydrogen-bond acceptors (Lipinski definition) is 4. The summed E-state index contributed by atoms with van der Waals surface area (Å²) >= 11 is 0. The van der Waals surface area contributed by atoms with Gasteiger partial charge in [-0.3, -0.25) is 4.79 Å². The van der Waals surface area contributed by atoms with Crippen molar-refractivity contribution in [2.45, 2.75) is 25.8 Å². The zero-order chi connectivity index (χ0) is 23.0. The minimum absolute atomic E-state index is 0.00246. The molecule has 0 unspecified atom stereocenters. The van der Waals surface area contributed by atoms with E-state index >= 15 is 0 Å². The molecule has 2 aromatic carbocycles. The molecule has 0 radical (unpaired) electrons. The van der Waals surface area contributed by atoms with Crippen LogP contribution in [0.4, 0.5) is 5.69 Å². The number of piperidine rings is 1. The predicted molar refractivity (Wildman–Crippen MR) is 129 cm³/mol. The van der Waals surface area contributed by atoms with Gasteiger partial charge in [-0.1, -0.05) is 24.3 Å². The molecule has 2 heterocycles. The van der Waals surface area contributed by atoms with E-state index in [2.05, 4.69) is 4.90 Å². The first kappa shape index (κ1) is 22.4. The minimum Gasteiger partial charge on any atom is -0.482 e. The van der Waals surface area contributed by atoms with Crippen molar-refractivity contribution in [3.8, 4) is 5.75 Å². The molecule has 1 aliphatic heterocycles. The molecular formula is C27H28N2O4. The highest BCUT2D eigenvalue weighted by molar-refractivity contribution is 6.08. The van der Waals surface area contributed by atoms with Crippen LogP contribution in [0.15, 0.2) is 72.9 Å². The van der Waals surface area contributed by atoms with Crippen molar-refractivity contribution in [3.63, 3.8) is 0 Å². The van der Waals surface area contributed by atoms with Crippen LogP contribution in [0.3, 0.4) is 0 Å². The van der Waals surface area contributed by atoms with Crippen LogP contribution in [-0.2, 0) is 11.3 Å². The molecule has 33 heavy (non-hydrogen) atoms. The largest absolute Gasteiger partial charge is 0.482 e. The molecule has 0 aliphatic carbocycles. The van der Waals surface area contributed by atoms with Crippen molar-refractivity contribution in [1.82, 2.24) is 4.57 Å². The number of carboxylic acids is 1. The normalized spacial score (nSPS) is 13.9. The zero-order valence-electron chi connectivity index (χ0n) is 18.5. The van der Waals surface area contributed by atoms with Gasteiger partial charge in [0.25, 0.3) is 0 Å². The van der Waals surface area contributed by atoms with E-state index in [1.54, 1.807) is 12.1 Å². The molecule has 170 valence electrons. The SMILES string of the molecule is O=C(O)COc1cccc(C=CCn2cccc2C(=O)c2ccc(N3CCCCC3)cc2)c1. The summed E-state index contributed by atoms with van der Waals surface area (Å²) in [5.41, 5.74) is 3.40. The fraction of sp³-hybridized carbons (Fsp3) is 0.259. The van der Waals surface area contributed by atoms with Crippen LogP contribution in [0.5, 0.6) is 5.75 Å². The molecule has 0 spiro atoms. The summed E-state index contributed by atoms with van der Waals surface area (Å²) < 4.78 is 7.14. The smallest absolute Gasteiger partial charge is 0.341 e. The van der Waals surface area contributed by atoms with Crippen LogP contribution in [0.2, 0.25) is 0 Å². The second kappa shape index (κ2) is 10.7. The van der Waals surface area contributed by atoms with E-state index < -0.39 is 5.97 Å². The Morgan fingerprint density at radius 1 is 0.970 bits per heavy atom. The highest BCUT2D eigenvalue weighted by atomic mass is 16.5. The van der Waals surface area contributed by atoms with Gasteiger partial charge in [-0.2, -0.15) is 0 Å². The van der Waals surface area contributed by atoms with E-state index in [1.165, 1.54) is 24.9 Å². The first-order valence-corrected chi connectivity index (χ1v) is 11.3. The van der Waals surface area contributed by atoms with Gasteiger partial charge in [0.15, 0.2) is 6.61 Å². The number of ketones is 1.